The van der Waals surface area contributed by atoms with Crippen molar-refractivity contribution >= 4 is 35.3 Å². The van der Waals surface area contributed by atoms with E-state index in [-0.39, 0.29) is 22.9 Å². The molecule has 1 fully saturated rings. The molecule has 2 N–H and O–H groups in total. The van der Waals surface area contributed by atoms with Crippen molar-refractivity contribution in [3.63, 3.8) is 0 Å². The second kappa shape index (κ2) is 9.98. The molecule has 2 aromatic carbocycles. The predicted molar refractivity (Wildman–Crippen MR) is 113 cm³/mol. The van der Waals surface area contributed by atoms with Crippen LogP contribution in [0.15, 0.2) is 53.4 Å². The molecule has 4 nitrogen and oxygen atoms in total. The van der Waals surface area contributed by atoms with Gasteiger partial charge in [-0.15, -0.1) is 23.5 Å². The molecule has 1 aliphatic heterocycles. The van der Waals surface area contributed by atoms with Gasteiger partial charge in [-0.3, -0.25) is 9.59 Å². The van der Waals surface area contributed by atoms with Crippen LogP contribution in [0.25, 0.3) is 0 Å². The van der Waals surface area contributed by atoms with E-state index in [0.717, 1.165) is 11.3 Å². The highest BCUT2D eigenvalue weighted by Crippen LogP contribution is 2.22. The summed E-state index contributed by atoms with van der Waals surface area (Å²) in [5, 5.41) is 5.45. The fourth-order valence-corrected chi connectivity index (χ4v) is 4.78. The number of benzene rings is 2. The Labute approximate surface area is 173 Å². The van der Waals surface area contributed by atoms with Crippen molar-refractivity contribution in [3.8, 4) is 0 Å². The molecule has 0 aliphatic carbocycles. The van der Waals surface area contributed by atoms with E-state index in [1.165, 1.54) is 34.4 Å². The Morgan fingerprint density at radius 1 is 1.21 bits per heavy atom. The molecule has 0 saturated carbocycles. The molecule has 0 spiro atoms. The molecule has 148 valence electrons. The molecule has 2 amide bonds. The summed E-state index contributed by atoms with van der Waals surface area (Å²) in [6.07, 6.45) is 0.526. The van der Waals surface area contributed by atoms with Crippen LogP contribution >= 0.6 is 23.5 Å². The van der Waals surface area contributed by atoms with Crippen LogP contribution in [-0.2, 0) is 16.0 Å². The largest absolute Gasteiger partial charge is 0.353 e. The van der Waals surface area contributed by atoms with Gasteiger partial charge in [-0.25, -0.2) is 4.39 Å². The van der Waals surface area contributed by atoms with Gasteiger partial charge in [-0.05, 0) is 43.2 Å². The monoisotopic (exact) mass is 418 g/mol. The first-order chi connectivity index (χ1) is 13.5. The Balaban J connectivity index is 1.39. The highest BCUT2D eigenvalue weighted by atomic mass is 32.2. The lowest BCUT2D eigenvalue weighted by atomic mass is 10.1. The Bertz CT molecular complexity index is 812. The third-order valence-electron chi connectivity index (χ3n) is 4.41. The summed E-state index contributed by atoms with van der Waals surface area (Å²) in [6.45, 7) is 2.60. The topological polar surface area (TPSA) is 58.2 Å². The Hall–Kier alpha value is -1.99. The van der Waals surface area contributed by atoms with Crippen molar-refractivity contribution in [2.75, 3.05) is 18.1 Å². The van der Waals surface area contributed by atoms with Gasteiger partial charge in [0.25, 0.3) is 0 Å². The number of hydrogen-bond donors (Lipinski definition) is 2. The highest BCUT2D eigenvalue weighted by Gasteiger charge is 2.32. The molecular weight excluding hydrogens is 395 g/mol. The predicted octanol–water partition coefficient (Wildman–Crippen LogP) is 3.19. The van der Waals surface area contributed by atoms with Crippen molar-refractivity contribution in [1.82, 2.24) is 10.6 Å². The normalized spacial score (nSPS) is 19.1. The van der Waals surface area contributed by atoms with Crippen LogP contribution in [0.3, 0.4) is 0 Å². The summed E-state index contributed by atoms with van der Waals surface area (Å²) in [5.74, 6) is 0.728. The van der Waals surface area contributed by atoms with Crippen LogP contribution in [0, 0.1) is 12.7 Å². The van der Waals surface area contributed by atoms with Gasteiger partial charge in [-0.1, -0.05) is 29.8 Å². The standard InChI is InChI=1S/C21H23FN2O2S2/c1-14-2-8-17(9-3-14)27-11-10-23-20(25)18-13-28-19(21(26)24-18)12-15-4-6-16(22)7-5-15/h2-9,18-19H,10-13H2,1H3,(H,23,25)(H,24,26)/t18-,19+/m0/s1. The molecule has 1 aliphatic rings. The van der Waals surface area contributed by atoms with Crippen LogP contribution in [0.1, 0.15) is 11.1 Å². The van der Waals surface area contributed by atoms with Gasteiger partial charge in [0.05, 0.1) is 5.25 Å². The number of carbonyl (C=O) groups is 2. The maximum atomic E-state index is 13.0. The van der Waals surface area contributed by atoms with Crippen molar-refractivity contribution < 1.29 is 14.0 Å². The Morgan fingerprint density at radius 2 is 1.93 bits per heavy atom. The zero-order valence-electron chi connectivity index (χ0n) is 15.6. The number of aryl methyl sites for hydroxylation is 1. The first-order valence-electron chi connectivity index (χ1n) is 9.15. The zero-order chi connectivity index (χ0) is 19.9. The summed E-state index contributed by atoms with van der Waals surface area (Å²) >= 11 is 3.16. The number of thioether (sulfide) groups is 2. The van der Waals surface area contributed by atoms with Gasteiger partial charge in [0.1, 0.15) is 11.9 Å². The van der Waals surface area contributed by atoms with E-state index in [1.807, 2.05) is 0 Å². The minimum atomic E-state index is -0.508. The fourth-order valence-electron chi connectivity index (χ4n) is 2.82. The average Bonchev–Trinajstić information content (AvgIpc) is 2.69. The van der Waals surface area contributed by atoms with Gasteiger partial charge < -0.3 is 10.6 Å². The third-order valence-corrected chi connectivity index (χ3v) is 6.74. The van der Waals surface area contributed by atoms with Gasteiger partial charge in [0, 0.05) is 22.9 Å². The minimum Gasteiger partial charge on any atom is -0.353 e. The van der Waals surface area contributed by atoms with Crippen LogP contribution in [0.5, 0.6) is 0 Å². The van der Waals surface area contributed by atoms with Crippen LogP contribution in [0.2, 0.25) is 0 Å². The molecule has 0 aromatic heterocycles. The summed E-state index contributed by atoms with van der Waals surface area (Å²) in [7, 11) is 0. The lowest BCUT2D eigenvalue weighted by molar-refractivity contribution is -0.128. The number of hydrogen-bond acceptors (Lipinski definition) is 4. The van der Waals surface area contributed by atoms with E-state index in [0.29, 0.717) is 18.7 Å². The molecule has 0 bridgehead atoms. The quantitative estimate of drug-likeness (QED) is 0.536. The van der Waals surface area contributed by atoms with Crippen molar-refractivity contribution in [3.05, 3.63) is 65.5 Å². The molecule has 1 saturated heterocycles. The van der Waals surface area contributed by atoms with E-state index >= 15 is 0 Å². The lowest BCUT2D eigenvalue weighted by Gasteiger charge is -2.28. The second-order valence-corrected chi connectivity index (χ2v) is 9.07. The first-order valence-corrected chi connectivity index (χ1v) is 11.2. The van der Waals surface area contributed by atoms with Gasteiger partial charge in [-0.2, -0.15) is 0 Å². The molecule has 3 rings (SSSR count). The number of carbonyl (C=O) groups excluding carboxylic acids is 2. The summed E-state index contributed by atoms with van der Waals surface area (Å²) < 4.78 is 13.0. The van der Waals surface area contributed by atoms with E-state index in [9.17, 15) is 14.0 Å². The van der Waals surface area contributed by atoms with Gasteiger partial charge in [0.15, 0.2) is 0 Å². The Kier molecular flexibility index (Phi) is 7.39. The molecule has 0 unspecified atom stereocenters. The summed E-state index contributed by atoms with van der Waals surface area (Å²) in [6, 6.07) is 13.9. The Morgan fingerprint density at radius 3 is 2.61 bits per heavy atom. The molecular formula is C21H23FN2O2S2. The molecule has 28 heavy (non-hydrogen) atoms. The molecule has 2 atom stereocenters. The number of nitrogens with one attached hydrogen (secondary N) is 2. The number of halogens is 1. The van der Waals surface area contributed by atoms with E-state index < -0.39 is 6.04 Å². The van der Waals surface area contributed by atoms with Crippen molar-refractivity contribution in [2.24, 2.45) is 0 Å². The zero-order valence-corrected chi connectivity index (χ0v) is 17.2. The smallest absolute Gasteiger partial charge is 0.243 e. The average molecular weight is 419 g/mol. The SMILES string of the molecule is Cc1ccc(SCCNC(=O)[C@@H]2CS[C@H](Cc3ccc(F)cc3)C(=O)N2)cc1. The first kappa shape index (κ1) is 20.7. The lowest BCUT2D eigenvalue weighted by Crippen LogP contribution is -2.54. The highest BCUT2D eigenvalue weighted by molar-refractivity contribution is 8.00. The van der Waals surface area contributed by atoms with Crippen molar-refractivity contribution in [1.29, 1.82) is 0 Å². The van der Waals surface area contributed by atoms with Crippen LogP contribution in [-0.4, -0.2) is 41.2 Å². The maximum absolute atomic E-state index is 13.0. The molecule has 1 heterocycles. The molecule has 7 heteroatoms. The van der Waals surface area contributed by atoms with Crippen LogP contribution < -0.4 is 10.6 Å². The third kappa shape index (κ3) is 6.01. The molecule has 0 radical (unpaired) electrons. The van der Waals surface area contributed by atoms with E-state index in [4.69, 9.17) is 0 Å². The second-order valence-electron chi connectivity index (χ2n) is 6.67. The number of rotatable bonds is 7. The fraction of sp³-hybridized carbons (Fsp3) is 0.333. The van der Waals surface area contributed by atoms with Gasteiger partial charge in [0.2, 0.25) is 11.8 Å². The van der Waals surface area contributed by atoms with Gasteiger partial charge >= 0.3 is 0 Å². The number of amides is 2. The van der Waals surface area contributed by atoms with E-state index in [2.05, 4.69) is 41.8 Å². The minimum absolute atomic E-state index is 0.144. The maximum Gasteiger partial charge on any atom is 0.243 e. The summed E-state index contributed by atoms with van der Waals surface area (Å²) in [4.78, 5) is 25.8. The van der Waals surface area contributed by atoms with Crippen LogP contribution in [0.4, 0.5) is 4.39 Å². The summed E-state index contributed by atoms with van der Waals surface area (Å²) in [5.41, 5.74) is 2.13. The van der Waals surface area contributed by atoms with Crippen molar-refractivity contribution in [2.45, 2.75) is 29.5 Å². The van der Waals surface area contributed by atoms with E-state index in [1.54, 1.807) is 23.9 Å². The molecule has 2 aromatic rings.